The molecule has 0 aromatic heterocycles. The Kier molecular flexibility index (Phi) is 28.5. The number of unbranched alkanes of at least 4 members (excludes halogenated alkanes) is 1. The molecule has 0 fully saturated rings. The van der Waals surface area contributed by atoms with Crippen LogP contribution in [0.5, 0.6) is 0 Å². The van der Waals surface area contributed by atoms with E-state index in [1.807, 2.05) is 0 Å². The molecule has 0 saturated carbocycles. The van der Waals surface area contributed by atoms with Crippen molar-refractivity contribution in [2.24, 2.45) is 0 Å². The molecule has 0 unspecified atom stereocenters. The maximum absolute atomic E-state index is 8.49. The molecule has 54 heavy (non-hydrogen) atoms. The molecule has 0 bridgehead atoms. The second kappa shape index (κ2) is 29.5. The fourth-order valence-corrected chi connectivity index (χ4v) is 9.48. The third kappa shape index (κ3) is 32.5. The third-order valence-electron chi connectivity index (χ3n) is 6.62. The van der Waals surface area contributed by atoms with Crippen molar-refractivity contribution < 1.29 is 106 Å². The molecule has 0 saturated heterocycles. The van der Waals surface area contributed by atoms with Crippen molar-refractivity contribution in [2.75, 3.05) is 12.3 Å². The molecule has 4 aromatic carbocycles. The Morgan fingerprint density at radius 3 is 0.667 bits per heavy atom. The summed E-state index contributed by atoms with van der Waals surface area (Å²) in [5.41, 5.74) is 0. The zero-order valence-electron chi connectivity index (χ0n) is 28.8. The van der Waals surface area contributed by atoms with Gasteiger partial charge in [0.05, 0.1) is 0 Å². The van der Waals surface area contributed by atoms with E-state index in [0.29, 0.717) is 0 Å². The van der Waals surface area contributed by atoms with E-state index in [-0.39, 0.29) is 35.3 Å². The predicted octanol–water partition coefficient (Wildman–Crippen LogP) is -5.57. The average Bonchev–Trinajstić information content (AvgIpc) is 3.06. The second-order valence-electron chi connectivity index (χ2n) is 10.6. The number of benzene rings is 4. The molecule has 1 aliphatic carbocycles. The van der Waals surface area contributed by atoms with Gasteiger partial charge in [0.2, 0.25) is 0 Å². The smallest absolute Gasteiger partial charge is 0.222 e. The summed E-state index contributed by atoms with van der Waals surface area (Å²) in [4.78, 5) is 0. The van der Waals surface area contributed by atoms with Gasteiger partial charge in [0.25, 0.3) is 0 Å². The van der Waals surface area contributed by atoms with Crippen LogP contribution in [0.15, 0.2) is 146 Å². The van der Waals surface area contributed by atoms with Gasteiger partial charge in [0.15, 0.2) is 0 Å². The Bertz CT molecular complexity index is 1300. The summed E-state index contributed by atoms with van der Waals surface area (Å²) in [5.74, 6) is 0. The fraction of sp³-hybridized carbons (Fsp3) is 0.222. The first-order valence-electron chi connectivity index (χ1n) is 15.8. The van der Waals surface area contributed by atoms with Crippen molar-refractivity contribution in [3.8, 4) is 0 Å². The van der Waals surface area contributed by atoms with Gasteiger partial charge in [-0.2, -0.15) is 0 Å². The fourth-order valence-electron chi connectivity index (χ4n) is 4.64. The van der Waals surface area contributed by atoms with E-state index < -0.39 is 30.7 Å². The molecular weight excluding hydrogens is 896 g/mol. The zero-order valence-corrected chi connectivity index (χ0v) is 34.5. The van der Waals surface area contributed by atoms with Crippen LogP contribution in [-0.4, -0.2) is 12.3 Å². The average molecular weight is 936 g/mol. The van der Waals surface area contributed by atoms with Crippen molar-refractivity contribution in [2.45, 2.75) is 38.5 Å². The van der Waals surface area contributed by atoms with Crippen LogP contribution >= 0.6 is 15.8 Å². The maximum Gasteiger partial charge on any atom is 3.00 e. The molecule has 0 atom stereocenters. The van der Waals surface area contributed by atoms with E-state index in [4.69, 9.17) is 55.9 Å². The Morgan fingerprint density at radius 1 is 0.333 bits per heavy atom. The predicted molar refractivity (Wildman–Crippen MR) is 174 cm³/mol. The van der Waals surface area contributed by atoms with Crippen LogP contribution in [0, 0.1) is 30.7 Å². The molecule has 0 N–H and O–H groups in total. The van der Waals surface area contributed by atoms with Gasteiger partial charge in [0, 0.05) is 0 Å². The Balaban J connectivity index is 0.000000951. The van der Waals surface area contributed by atoms with Crippen LogP contribution in [0.4, 0.5) is 0 Å². The number of halogens is 3. The van der Waals surface area contributed by atoms with E-state index >= 15 is 0 Å². The minimum atomic E-state index is -4.94. The number of rotatable bonds is 9. The van der Waals surface area contributed by atoms with Gasteiger partial charge in [-0.1, -0.05) is 146 Å². The first-order valence-corrected chi connectivity index (χ1v) is 22.6. The Labute approximate surface area is 337 Å². The van der Waals surface area contributed by atoms with Gasteiger partial charge in [-0.25, -0.2) is 55.9 Å². The number of allylic oxidation sites excluding steroid dienone is 4. The summed E-state index contributed by atoms with van der Waals surface area (Å²) < 4.78 is 102. The summed E-state index contributed by atoms with van der Waals surface area (Å²) in [6, 6.07) is 44.3. The van der Waals surface area contributed by atoms with Gasteiger partial charge in [-0.15, -0.1) is 30.7 Å². The monoisotopic (exact) mass is 934 g/mol. The molecule has 0 spiro atoms. The standard InChI is InChI=1S/C28H28P2.C8H12.3ClHO4.Rh/c1-5-15-25(16-6-1)29(26-17-7-2-8-18-26)23-13-14-24-30(27-19-9-3-10-20-27)28-21-11-4-12-22-28;1-2-4-6-8-7-5-3-1;3*2-1(3,4)5;/h1-12,15-22H,13-14,23-24H2;1-2,7-8H,3-6H2;3*(H,2,3,4,5);/q;;;;;+3/p-3/b;2-1-,8-7-;;;;. The molecule has 18 heteroatoms. The van der Waals surface area contributed by atoms with Crippen LogP contribution in [0.1, 0.15) is 38.5 Å². The van der Waals surface area contributed by atoms with Crippen molar-refractivity contribution in [3.05, 3.63) is 146 Å². The first-order chi connectivity index (χ1) is 24.9. The van der Waals surface area contributed by atoms with Crippen LogP contribution in [0.2, 0.25) is 0 Å². The van der Waals surface area contributed by atoms with Gasteiger partial charge in [0.1, 0.15) is 0 Å². The SMILES string of the molecule is C1=C\CC/C=C\CC/1.[O-][Cl+3]([O-])([O-])[O-].[O-][Cl+3]([O-])([O-])[O-].[O-][Cl+3]([O-])([O-])[O-].[Rh+3].c1ccc(P(CCCCP(c2ccccc2)c2ccccc2)c2ccccc2)cc1. The van der Waals surface area contributed by atoms with Crippen molar-refractivity contribution in [1.82, 2.24) is 0 Å². The van der Waals surface area contributed by atoms with Crippen LogP contribution in [-0.2, 0) is 19.5 Å². The van der Waals surface area contributed by atoms with E-state index in [0.717, 1.165) is 0 Å². The summed E-state index contributed by atoms with van der Waals surface area (Å²) in [6.45, 7) is 0. The summed E-state index contributed by atoms with van der Waals surface area (Å²) in [6.07, 6.45) is 19.1. The Hall–Kier alpha value is -1.77. The molecule has 296 valence electrons. The second-order valence-corrected chi connectivity index (χ2v) is 17.5. The quantitative estimate of drug-likeness (QED) is 0.0658. The maximum atomic E-state index is 8.49. The van der Waals surface area contributed by atoms with E-state index in [9.17, 15) is 0 Å². The van der Waals surface area contributed by atoms with Crippen LogP contribution < -0.4 is 77.1 Å². The minimum Gasteiger partial charge on any atom is -0.222 e. The third-order valence-corrected chi connectivity index (χ3v) is 11.8. The summed E-state index contributed by atoms with van der Waals surface area (Å²) >= 11 is 0. The van der Waals surface area contributed by atoms with E-state index in [1.165, 1.54) is 72.1 Å². The molecule has 0 heterocycles. The molecular formula is C36H40Cl3O12P2Rh. The number of hydrogen-bond acceptors (Lipinski definition) is 12. The van der Waals surface area contributed by atoms with Crippen molar-refractivity contribution in [1.29, 1.82) is 0 Å². The van der Waals surface area contributed by atoms with Crippen molar-refractivity contribution in [3.63, 3.8) is 0 Å². The minimum absolute atomic E-state index is 0. The molecule has 5 rings (SSSR count). The largest absolute Gasteiger partial charge is 3.00 e. The molecule has 4 aromatic rings. The van der Waals surface area contributed by atoms with Crippen molar-refractivity contribution >= 4 is 37.1 Å². The van der Waals surface area contributed by atoms with Crippen LogP contribution in [0.25, 0.3) is 0 Å². The molecule has 0 radical (unpaired) electrons. The molecule has 0 aliphatic heterocycles. The van der Waals surface area contributed by atoms with E-state index in [1.54, 1.807) is 0 Å². The molecule has 0 amide bonds. The zero-order chi connectivity index (χ0) is 39.6. The normalized spacial score (nSPS) is 13.7. The van der Waals surface area contributed by atoms with Gasteiger partial charge in [-0.05, 0) is 87.9 Å². The first kappa shape index (κ1) is 52.2. The molecule has 1 aliphatic rings. The van der Waals surface area contributed by atoms with Gasteiger partial charge < -0.3 is 0 Å². The Morgan fingerprint density at radius 2 is 0.500 bits per heavy atom. The van der Waals surface area contributed by atoms with Gasteiger partial charge in [-0.3, -0.25) is 0 Å². The summed E-state index contributed by atoms with van der Waals surface area (Å²) in [7, 11) is -15.4. The van der Waals surface area contributed by atoms with Crippen LogP contribution in [0.3, 0.4) is 0 Å². The van der Waals surface area contributed by atoms with E-state index in [2.05, 4.69) is 146 Å². The molecule has 12 nitrogen and oxygen atoms in total. The van der Waals surface area contributed by atoms with Gasteiger partial charge >= 0.3 is 19.5 Å². The topological polar surface area (TPSA) is 277 Å². The summed E-state index contributed by atoms with van der Waals surface area (Å²) in [5, 5.41) is 5.97. The number of hydrogen-bond donors (Lipinski definition) is 0.